The first-order chi connectivity index (χ1) is 11.6. The predicted molar refractivity (Wildman–Crippen MR) is 94.5 cm³/mol. The normalized spacial score (nSPS) is 10.0. The molecule has 2 N–H and O–H groups in total. The van der Waals surface area contributed by atoms with E-state index >= 15 is 0 Å². The number of hydrogen-bond acceptors (Lipinski definition) is 6. The number of nitrogens with one attached hydrogen (secondary N) is 2. The highest BCUT2D eigenvalue weighted by atomic mass is 32.2. The minimum absolute atomic E-state index is 0.286. The van der Waals surface area contributed by atoms with Gasteiger partial charge in [0.25, 0.3) is 11.8 Å². The van der Waals surface area contributed by atoms with E-state index < -0.39 is 18.5 Å². The molecule has 0 radical (unpaired) electrons. The van der Waals surface area contributed by atoms with Crippen LogP contribution in [0, 0.1) is 0 Å². The largest absolute Gasteiger partial charge is 0.454 e. The van der Waals surface area contributed by atoms with E-state index in [1.807, 2.05) is 24.5 Å². The summed E-state index contributed by atoms with van der Waals surface area (Å²) in [5.41, 5.74) is 0.633. The molecule has 0 aliphatic carbocycles. The average Bonchev–Trinajstić information content (AvgIpc) is 3.12. The molecular formula is C16H16N2O4S2. The quantitative estimate of drug-likeness (QED) is 0.582. The van der Waals surface area contributed by atoms with E-state index in [0.717, 1.165) is 4.90 Å². The van der Waals surface area contributed by atoms with Gasteiger partial charge in [-0.2, -0.15) is 0 Å². The van der Waals surface area contributed by atoms with Gasteiger partial charge in [0, 0.05) is 10.6 Å². The fourth-order valence-electron chi connectivity index (χ4n) is 1.74. The fraction of sp³-hybridized carbons (Fsp3) is 0.188. The summed E-state index contributed by atoms with van der Waals surface area (Å²) in [6.07, 6.45) is 1.94. The van der Waals surface area contributed by atoms with Crippen LogP contribution in [-0.2, 0) is 14.3 Å². The lowest BCUT2D eigenvalue weighted by Crippen LogP contribution is -2.31. The molecule has 24 heavy (non-hydrogen) atoms. The van der Waals surface area contributed by atoms with Crippen LogP contribution in [0.25, 0.3) is 0 Å². The third kappa shape index (κ3) is 5.71. The summed E-state index contributed by atoms with van der Waals surface area (Å²) in [5.74, 6) is -1.46. The maximum Gasteiger partial charge on any atom is 0.325 e. The van der Waals surface area contributed by atoms with Gasteiger partial charge in [-0.1, -0.05) is 12.1 Å². The molecule has 2 aromatic rings. The van der Waals surface area contributed by atoms with Gasteiger partial charge in [-0.3, -0.25) is 14.4 Å². The van der Waals surface area contributed by atoms with Crippen LogP contribution in [0.5, 0.6) is 0 Å². The number of carbonyl (C=O) groups excluding carboxylic acids is 3. The molecule has 2 rings (SSSR count). The third-order valence-electron chi connectivity index (χ3n) is 2.86. The Kier molecular flexibility index (Phi) is 6.83. The molecule has 0 aliphatic heterocycles. The molecule has 0 fully saturated rings. The number of carbonyl (C=O) groups is 3. The molecular weight excluding hydrogens is 348 g/mol. The molecule has 6 nitrogen and oxygen atoms in total. The highest BCUT2D eigenvalue weighted by Gasteiger charge is 2.11. The Hall–Kier alpha value is -2.32. The molecule has 0 spiro atoms. The van der Waals surface area contributed by atoms with E-state index in [-0.39, 0.29) is 12.5 Å². The highest BCUT2D eigenvalue weighted by molar-refractivity contribution is 7.98. The Labute approximate surface area is 147 Å². The topological polar surface area (TPSA) is 84.5 Å². The van der Waals surface area contributed by atoms with Crippen LogP contribution in [0.15, 0.2) is 46.7 Å². The number of thiophene rings is 1. The molecule has 126 valence electrons. The van der Waals surface area contributed by atoms with Crippen molar-refractivity contribution in [1.82, 2.24) is 5.32 Å². The molecule has 0 atom stereocenters. The van der Waals surface area contributed by atoms with Gasteiger partial charge in [-0.15, -0.1) is 23.1 Å². The van der Waals surface area contributed by atoms with Crippen LogP contribution < -0.4 is 10.6 Å². The van der Waals surface area contributed by atoms with Gasteiger partial charge in [-0.25, -0.2) is 0 Å². The van der Waals surface area contributed by atoms with Crippen LogP contribution in [-0.4, -0.2) is 37.2 Å². The Morgan fingerprint density at radius 3 is 2.75 bits per heavy atom. The Morgan fingerprint density at radius 2 is 2.04 bits per heavy atom. The monoisotopic (exact) mass is 364 g/mol. The Balaban J connectivity index is 1.71. The zero-order valence-corrected chi connectivity index (χ0v) is 14.5. The summed E-state index contributed by atoms with van der Waals surface area (Å²) >= 11 is 2.84. The van der Waals surface area contributed by atoms with Gasteiger partial charge in [-0.05, 0) is 35.9 Å². The molecule has 0 unspecified atom stereocenters. The first-order valence-corrected chi connectivity index (χ1v) is 9.10. The maximum absolute atomic E-state index is 11.8. The van der Waals surface area contributed by atoms with Crippen molar-refractivity contribution in [3.05, 3.63) is 46.7 Å². The Bertz CT molecular complexity index is 717. The summed E-state index contributed by atoms with van der Waals surface area (Å²) < 4.78 is 4.83. The van der Waals surface area contributed by atoms with E-state index in [4.69, 9.17) is 4.74 Å². The molecule has 1 heterocycles. The van der Waals surface area contributed by atoms with Crippen molar-refractivity contribution < 1.29 is 19.1 Å². The SMILES string of the molecule is CSc1cccc(NC(=O)COC(=O)CNC(=O)c2cccs2)c1. The molecule has 0 bridgehead atoms. The summed E-state index contributed by atoms with van der Waals surface area (Å²) in [5, 5.41) is 6.85. The van der Waals surface area contributed by atoms with Crippen LogP contribution >= 0.6 is 23.1 Å². The number of ether oxygens (including phenoxy) is 1. The van der Waals surface area contributed by atoms with Gasteiger partial charge < -0.3 is 15.4 Å². The number of esters is 1. The predicted octanol–water partition coefficient (Wildman–Crippen LogP) is 2.38. The molecule has 0 saturated carbocycles. The number of amides is 2. The first-order valence-electron chi connectivity index (χ1n) is 6.99. The zero-order valence-electron chi connectivity index (χ0n) is 12.9. The number of thioether (sulfide) groups is 1. The number of rotatable bonds is 7. The van der Waals surface area contributed by atoms with E-state index in [1.54, 1.807) is 35.3 Å². The summed E-state index contributed by atoms with van der Waals surface area (Å²) in [4.78, 5) is 36.5. The maximum atomic E-state index is 11.8. The number of benzene rings is 1. The number of anilines is 1. The van der Waals surface area contributed by atoms with Crippen LogP contribution in [0.4, 0.5) is 5.69 Å². The molecule has 1 aromatic heterocycles. The molecule has 8 heteroatoms. The smallest absolute Gasteiger partial charge is 0.325 e. The molecule has 1 aromatic carbocycles. The van der Waals surface area contributed by atoms with Gasteiger partial charge in [0.1, 0.15) is 6.54 Å². The van der Waals surface area contributed by atoms with Crippen molar-refractivity contribution in [2.75, 3.05) is 24.7 Å². The van der Waals surface area contributed by atoms with Crippen molar-refractivity contribution in [2.45, 2.75) is 4.90 Å². The van der Waals surface area contributed by atoms with Crippen molar-refractivity contribution in [1.29, 1.82) is 0 Å². The van der Waals surface area contributed by atoms with Gasteiger partial charge in [0.15, 0.2) is 6.61 Å². The lowest BCUT2D eigenvalue weighted by Gasteiger charge is -2.08. The Morgan fingerprint density at radius 1 is 1.21 bits per heavy atom. The first kappa shape index (κ1) is 18.0. The van der Waals surface area contributed by atoms with Gasteiger partial charge in [0.2, 0.25) is 0 Å². The minimum Gasteiger partial charge on any atom is -0.454 e. The van der Waals surface area contributed by atoms with E-state index in [9.17, 15) is 14.4 Å². The fourth-order valence-corrected chi connectivity index (χ4v) is 2.84. The van der Waals surface area contributed by atoms with Crippen LogP contribution in [0.2, 0.25) is 0 Å². The van der Waals surface area contributed by atoms with Crippen LogP contribution in [0.1, 0.15) is 9.67 Å². The lowest BCUT2D eigenvalue weighted by atomic mass is 10.3. The zero-order chi connectivity index (χ0) is 17.4. The second kappa shape index (κ2) is 9.09. The standard InChI is InChI=1S/C16H16N2O4S2/c1-23-12-5-2-4-11(8-12)18-14(19)10-22-15(20)9-17-16(21)13-6-3-7-24-13/h2-8H,9-10H2,1H3,(H,17,21)(H,18,19). The van der Waals surface area contributed by atoms with Crippen LogP contribution in [0.3, 0.4) is 0 Å². The summed E-state index contributed by atoms with van der Waals surface area (Å²) in [6.45, 7) is -0.691. The van der Waals surface area contributed by atoms with Gasteiger partial charge >= 0.3 is 5.97 Å². The highest BCUT2D eigenvalue weighted by Crippen LogP contribution is 2.18. The summed E-state index contributed by atoms with van der Waals surface area (Å²) in [7, 11) is 0. The molecule has 2 amide bonds. The van der Waals surface area contributed by atoms with E-state index in [0.29, 0.717) is 10.6 Å². The van der Waals surface area contributed by atoms with Crippen molar-refractivity contribution in [3.8, 4) is 0 Å². The minimum atomic E-state index is -0.673. The second-order valence-electron chi connectivity index (χ2n) is 4.60. The summed E-state index contributed by atoms with van der Waals surface area (Å²) in [6, 6.07) is 10.7. The second-order valence-corrected chi connectivity index (χ2v) is 6.43. The molecule has 0 saturated heterocycles. The van der Waals surface area contributed by atoms with E-state index in [1.165, 1.54) is 11.3 Å². The van der Waals surface area contributed by atoms with Crippen molar-refractivity contribution in [2.24, 2.45) is 0 Å². The average molecular weight is 364 g/mol. The van der Waals surface area contributed by atoms with Crippen molar-refractivity contribution in [3.63, 3.8) is 0 Å². The third-order valence-corrected chi connectivity index (χ3v) is 4.45. The molecule has 0 aliphatic rings. The van der Waals surface area contributed by atoms with Crippen molar-refractivity contribution >= 4 is 46.6 Å². The van der Waals surface area contributed by atoms with Gasteiger partial charge in [0.05, 0.1) is 4.88 Å². The lowest BCUT2D eigenvalue weighted by molar-refractivity contribution is -0.146. The number of hydrogen-bond donors (Lipinski definition) is 2. The van der Waals surface area contributed by atoms with E-state index in [2.05, 4.69) is 10.6 Å².